The summed E-state index contributed by atoms with van der Waals surface area (Å²) in [5.41, 5.74) is 9.80. The molecule has 4 saturated carbocycles. The Hall–Kier alpha value is -3.33. The van der Waals surface area contributed by atoms with E-state index in [0.717, 1.165) is 40.0 Å². The first-order chi connectivity index (χ1) is 24.8. The van der Waals surface area contributed by atoms with Gasteiger partial charge in [-0.25, -0.2) is 0 Å². The van der Waals surface area contributed by atoms with Gasteiger partial charge in [-0.3, -0.25) is 0 Å². The fourth-order valence-corrected chi connectivity index (χ4v) is 10.4. The molecule has 3 heteroatoms. The minimum Gasteiger partial charge on any atom is -0.166 e. The van der Waals surface area contributed by atoms with Gasteiger partial charge < -0.3 is 0 Å². The minimum absolute atomic E-state index is 0.0450. The summed E-state index contributed by atoms with van der Waals surface area (Å²) in [6.45, 7) is 26.9. The highest BCUT2D eigenvalue weighted by Gasteiger charge is 2.52. The molecule has 0 saturated heterocycles. The van der Waals surface area contributed by atoms with E-state index in [4.69, 9.17) is 0 Å². The highest BCUT2D eigenvalue weighted by atomic mass is 19.4. The molecule has 0 amide bonds. The molecule has 0 N–H and O–H groups in total. The summed E-state index contributed by atoms with van der Waals surface area (Å²) in [5.74, 6) is 2.21. The van der Waals surface area contributed by atoms with Crippen LogP contribution in [0, 0.1) is 17.8 Å². The van der Waals surface area contributed by atoms with Crippen molar-refractivity contribution in [3.05, 3.63) is 106 Å². The van der Waals surface area contributed by atoms with Gasteiger partial charge in [0.05, 0.1) is 5.56 Å². The zero-order valence-corrected chi connectivity index (χ0v) is 35.0. The van der Waals surface area contributed by atoms with Crippen LogP contribution in [0.3, 0.4) is 0 Å². The summed E-state index contributed by atoms with van der Waals surface area (Å²) in [5, 5.41) is 0. The van der Waals surface area contributed by atoms with E-state index in [1.165, 1.54) is 78.5 Å². The van der Waals surface area contributed by atoms with Gasteiger partial charge in [0.2, 0.25) is 0 Å². The smallest absolute Gasteiger partial charge is 0.166 e. The first-order valence-electron chi connectivity index (χ1n) is 20.5. The Labute approximate surface area is 324 Å². The van der Waals surface area contributed by atoms with E-state index >= 15 is 13.2 Å². The van der Waals surface area contributed by atoms with Crippen LogP contribution in [-0.2, 0) is 33.3 Å². The Morgan fingerprint density at radius 1 is 0.463 bits per heavy atom. The van der Waals surface area contributed by atoms with Gasteiger partial charge in [0.15, 0.2) is 0 Å². The molecular weight excluding hydrogens is 670 g/mol. The minimum atomic E-state index is -4.52. The van der Waals surface area contributed by atoms with Crippen LogP contribution in [0.15, 0.2) is 72.8 Å². The monoisotopic (exact) mass is 732 g/mol. The first kappa shape index (κ1) is 38.9. The molecule has 4 aliphatic rings. The summed E-state index contributed by atoms with van der Waals surface area (Å²) in [6, 6.07) is 24.8. The van der Waals surface area contributed by atoms with Crippen molar-refractivity contribution < 1.29 is 13.2 Å². The van der Waals surface area contributed by atoms with Crippen LogP contribution >= 0.6 is 0 Å². The van der Waals surface area contributed by atoms with E-state index in [-0.39, 0.29) is 32.6 Å². The van der Waals surface area contributed by atoms with Crippen LogP contribution in [0.4, 0.5) is 13.2 Å². The van der Waals surface area contributed by atoms with Crippen molar-refractivity contribution >= 4 is 0 Å². The Morgan fingerprint density at radius 3 is 1.15 bits per heavy atom. The van der Waals surface area contributed by atoms with E-state index in [1.54, 1.807) is 12.1 Å². The second kappa shape index (κ2) is 12.9. The molecule has 4 aliphatic carbocycles. The topological polar surface area (TPSA) is 0 Å². The maximum atomic E-state index is 15.3. The second-order valence-corrected chi connectivity index (χ2v) is 21.8. The number of rotatable bonds is 4. The quantitative estimate of drug-likeness (QED) is 0.196. The molecule has 4 bridgehead atoms. The molecule has 4 fully saturated rings. The summed E-state index contributed by atoms with van der Waals surface area (Å²) in [7, 11) is 0. The van der Waals surface area contributed by atoms with E-state index in [0.29, 0.717) is 5.56 Å². The van der Waals surface area contributed by atoms with Crippen LogP contribution in [0.1, 0.15) is 155 Å². The predicted octanol–water partition coefficient (Wildman–Crippen LogP) is 15.4. The number of hydrogen-bond acceptors (Lipinski definition) is 0. The van der Waals surface area contributed by atoms with Crippen molar-refractivity contribution in [2.75, 3.05) is 0 Å². The number of alkyl halides is 3. The third-order valence-corrected chi connectivity index (χ3v) is 13.2. The van der Waals surface area contributed by atoms with Crippen LogP contribution in [0.2, 0.25) is 0 Å². The standard InChI is InChI=1S/C51H63F3/c1-46(2,3)36-20-34(21-37(24-36)47(4,5)6)42-26-40(50-28-31-17-32(29-50)19-33(18-31)30-50)27-43(45(42)41-15-13-14-16-44(41)51(52,53)54)35-22-38(48(7,8)9)25-39(23-35)49(10,11)12/h13-16,20-27,31-33H,17-19,28-30H2,1-12H3. The summed E-state index contributed by atoms with van der Waals surface area (Å²) >= 11 is 0. The van der Waals surface area contributed by atoms with Gasteiger partial charge in [0.25, 0.3) is 0 Å². The Morgan fingerprint density at radius 2 is 0.815 bits per heavy atom. The van der Waals surface area contributed by atoms with Crippen molar-refractivity contribution in [2.45, 2.75) is 155 Å². The Balaban J connectivity index is 1.67. The molecule has 0 radical (unpaired) electrons. The van der Waals surface area contributed by atoms with Crippen molar-refractivity contribution in [1.82, 2.24) is 0 Å². The van der Waals surface area contributed by atoms with E-state index < -0.39 is 11.7 Å². The van der Waals surface area contributed by atoms with Gasteiger partial charge in [-0.1, -0.05) is 138 Å². The van der Waals surface area contributed by atoms with Crippen LogP contribution in [-0.4, -0.2) is 0 Å². The zero-order chi connectivity index (χ0) is 39.4. The van der Waals surface area contributed by atoms with Crippen molar-refractivity contribution in [3.63, 3.8) is 0 Å². The highest BCUT2D eigenvalue weighted by molar-refractivity contribution is 5.97. The molecular formula is C51H63F3. The Kier molecular flexibility index (Phi) is 9.27. The van der Waals surface area contributed by atoms with Gasteiger partial charge in [0.1, 0.15) is 0 Å². The van der Waals surface area contributed by atoms with Gasteiger partial charge in [-0.05, 0) is 163 Å². The first-order valence-corrected chi connectivity index (χ1v) is 20.5. The second-order valence-electron chi connectivity index (χ2n) is 21.8. The molecule has 0 aromatic heterocycles. The Bertz CT molecular complexity index is 1870. The fraction of sp³-hybridized carbons (Fsp3) is 0.529. The van der Waals surface area contributed by atoms with E-state index in [1.807, 2.05) is 0 Å². The molecule has 288 valence electrons. The summed E-state index contributed by atoms with van der Waals surface area (Å²) < 4.78 is 45.8. The average molecular weight is 733 g/mol. The van der Waals surface area contributed by atoms with Crippen molar-refractivity contribution in [2.24, 2.45) is 17.8 Å². The summed E-state index contributed by atoms with van der Waals surface area (Å²) in [4.78, 5) is 0. The molecule has 4 aromatic rings. The molecule has 0 spiro atoms. The molecule has 0 atom stereocenters. The lowest BCUT2D eigenvalue weighted by atomic mass is 9.48. The maximum Gasteiger partial charge on any atom is 0.417 e. The summed E-state index contributed by atoms with van der Waals surface area (Å²) in [6.07, 6.45) is 3.03. The largest absolute Gasteiger partial charge is 0.417 e. The van der Waals surface area contributed by atoms with Gasteiger partial charge >= 0.3 is 6.18 Å². The van der Waals surface area contributed by atoms with Crippen LogP contribution in [0.5, 0.6) is 0 Å². The predicted molar refractivity (Wildman–Crippen MR) is 222 cm³/mol. The molecule has 0 heterocycles. The van der Waals surface area contributed by atoms with E-state index in [2.05, 4.69) is 132 Å². The highest BCUT2D eigenvalue weighted by Crippen LogP contribution is 2.62. The van der Waals surface area contributed by atoms with Crippen LogP contribution in [0.25, 0.3) is 33.4 Å². The SMILES string of the molecule is CC(C)(C)c1cc(-c2cc(C34CC5CC(CC(C5)C3)C4)cc(-c3cc(C(C)(C)C)cc(C(C)(C)C)c3)c2-c2ccccc2C(F)(F)F)cc(C(C)(C)C)c1. The van der Waals surface area contributed by atoms with Gasteiger partial charge in [0, 0.05) is 0 Å². The third-order valence-electron chi connectivity index (χ3n) is 13.2. The normalized spacial score (nSPS) is 23.3. The van der Waals surface area contributed by atoms with Gasteiger partial charge in [-0.15, -0.1) is 0 Å². The number of halogens is 3. The third kappa shape index (κ3) is 7.35. The lowest BCUT2D eigenvalue weighted by Crippen LogP contribution is -2.48. The van der Waals surface area contributed by atoms with Gasteiger partial charge in [-0.2, -0.15) is 13.2 Å². The molecule has 0 unspecified atom stereocenters. The lowest BCUT2D eigenvalue weighted by molar-refractivity contribution is -0.137. The van der Waals surface area contributed by atoms with Crippen molar-refractivity contribution in [3.8, 4) is 33.4 Å². The van der Waals surface area contributed by atoms with Crippen LogP contribution < -0.4 is 0 Å². The fourth-order valence-electron chi connectivity index (χ4n) is 10.4. The zero-order valence-electron chi connectivity index (χ0n) is 35.0. The molecule has 4 aromatic carbocycles. The molecule has 54 heavy (non-hydrogen) atoms. The van der Waals surface area contributed by atoms with Crippen molar-refractivity contribution in [1.29, 1.82) is 0 Å². The molecule has 0 aliphatic heterocycles. The maximum absolute atomic E-state index is 15.3. The lowest BCUT2D eigenvalue weighted by Gasteiger charge is -2.57. The number of hydrogen-bond donors (Lipinski definition) is 0. The number of benzene rings is 4. The van der Waals surface area contributed by atoms with E-state index in [9.17, 15) is 0 Å². The average Bonchev–Trinajstić information content (AvgIpc) is 3.04. The molecule has 0 nitrogen and oxygen atoms in total. The molecule has 8 rings (SSSR count).